The van der Waals surface area contributed by atoms with Gasteiger partial charge in [0.25, 0.3) is 0 Å². The molecule has 34 heavy (non-hydrogen) atoms. The summed E-state index contributed by atoms with van der Waals surface area (Å²) in [6, 6.07) is 13.9. The third-order valence-corrected chi connectivity index (χ3v) is 5.42. The third kappa shape index (κ3) is 3.53. The van der Waals surface area contributed by atoms with E-state index in [2.05, 4.69) is 20.2 Å². The Morgan fingerprint density at radius 2 is 1.88 bits per heavy atom. The lowest BCUT2D eigenvalue weighted by Gasteiger charge is -2.15. The van der Waals surface area contributed by atoms with Crippen LogP contribution in [0.3, 0.4) is 0 Å². The van der Waals surface area contributed by atoms with Crippen molar-refractivity contribution in [2.24, 2.45) is 0 Å². The number of anilines is 1. The number of hydrogen-bond donors (Lipinski definition) is 1. The number of nitriles is 1. The molecule has 0 saturated carbocycles. The van der Waals surface area contributed by atoms with Gasteiger partial charge in [-0.2, -0.15) is 20.3 Å². The smallest absolute Gasteiger partial charge is 0.156 e. The molecule has 5 rings (SSSR count). The summed E-state index contributed by atoms with van der Waals surface area (Å²) in [6.07, 6.45) is 3.37. The molecule has 9 nitrogen and oxygen atoms in total. The van der Waals surface area contributed by atoms with Gasteiger partial charge in [-0.25, -0.2) is 9.37 Å². The van der Waals surface area contributed by atoms with Crippen molar-refractivity contribution < 1.29 is 4.39 Å². The SMILES string of the molecule is CC(C)n1nccc1-c1c(-c2cccc(C#N)c2F)nc(N)c2nn(Cc3ccccn3)nc12. The van der Waals surface area contributed by atoms with E-state index in [0.29, 0.717) is 28.8 Å². The number of fused-ring (bicyclic) bond motifs is 1. The number of benzene rings is 1. The fourth-order valence-electron chi connectivity index (χ4n) is 3.90. The first-order chi connectivity index (χ1) is 16.5. The van der Waals surface area contributed by atoms with Gasteiger partial charge in [0, 0.05) is 24.0 Å². The Labute approximate surface area is 194 Å². The molecular weight excluding hydrogens is 433 g/mol. The van der Waals surface area contributed by atoms with Crippen LogP contribution in [0.25, 0.3) is 33.5 Å². The highest BCUT2D eigenvalue weighted by molar-refractivity contribution is 6.02. The van der Waals surface area contributed by atoms with Gasteiger partial charge < -0.3 is 5.73 Å². The maximum absolute atomic E-state index is 15.3. The van der Waals surface area contributed by atoms with Gasteiger partial charge in [0.05, 0.1) is 28.2 Å². The van der Waals surface area contributed by atoms with Crippen molar-refractivity contribution in [2.75, 3.05) is 5.73 Å². The molecule has 168 valence electrons. The van der Waals surface area contributed by atoms with E-state index >= 15 is 4.39 Å². The number of pyridine rings is 2. The normalized spacial score (nSPS) is 11.3. The minimum Gasteiger partial charge on any atom is -0.382 e. The summed E-state index contributed by atoms with van der Waals surface area (Å²) >= 11 is 0. The number of hydrogen-bond acceptors (Lipinski definition) is 7. The van der Waals surface area contributed by atoms with E-state index < -0.39 is 5.82 Å². The summed E-state index contributed by atoms with van der Waals surface area (Å²) in [4.78, 5) is 10.4. The monoisotopic (exact) mass is 453 g/mol. The fraction of sp³-hybridized carbons (Fsp3) is 0.167. The minimum atomic E-state index is -0.672. The molecule has 0 spiro atoms. The van der Waals surface area contributed by atoms with Crippen LogP contribution in [0.15, 0.2) is 54.9 Å². The summed E-state index contributed by atoms with van der Waals surface area (Å²) < 4.78 is 17.1. The van der Waals surface area contributed by atoms with Gasteiger partial charge in [0.15, 0.2) is 11.3 Å². The predicted octanol–water partition coefficient (Wildman–Crippen LogP) is 3.97. The van der Waals surface area contributed by atoms with Crippen LogP contribution < -0.4 is 5.73 Å². The van der Waals surface area contributed by atoms with Crippen molar-refractivity contribution in [3.05, 3.63) is 71.9 Å². The lowest BCUT2D eigenvalue weighted by Crippen LogP contribution is -2.07. The van der Waals surface area contributed by atoms with Crippen LogP contribution >= 0.6 is 0 Å². The van der Waals surface area contributed by atoms with Gasteiger partial charge >= 0.3 is 0 Å². The molecule has 0 aliphatic rings. The van der Waals surface area contributed by atoms with E-state index in [-0.39, 0.29) is 28.7 Å². The van der Waals surface area contributed by atoms with Crippen LogP contribution in [0.1, 0.15) is 31.1 Å². The second-order valence-corrected chi connectivity index (χ2v) is 8.00. The molecule has 0 bridgehead atoms. The van der Waals surface area contributed by atoms with Crippen LogP contribution in [0.5, 0.6) is 0 Å². The average Bonchev–Trinajstić information content (AvgIpc) is 3.48. The molecule has 1 aromatic carbocycles. The Morgan fingerprint density at radius 3 is 2.62 bits per heavy atom. The van der Waals surface area contributed by atoms with E-state index in [1.807, 2.05) is 44.2 Å². The first kappa shape index (κ1) is 21.2. The molecule has 2 N–H and O–H groups in total. The van der Waals surface area contributed by atoms with Crippen LogP contribution in [-0.4, -0.2) is 34.7 Å². The lowest BCUT2D eigenvalue weighted by molar-refractivity contribution is 0.538. The highest BCUT2D eigenvalue weighted by atomic mass is 19.1. The Hall–Kier alpha value is -4.65. The maximum Gasteiger partial charge on any atom is 0.156 e. The molecule has 0 aliphatic carbocycles. The van der Waals surface area contributed by atoms with Gasteiger partial charge in [-0.05, 0) is 44.2 Å². The van der Waals surface area contributed by atoms with E-state index in [1.54, 1.807) is 29.2 Å². The second-order valence-electron chi connectivity index (χ2n) is 8.00. The number of rotatable bonds is 5. The molecule has 0 radical (unpaired) electrons. The van der Waals surface area contributed by atoms with Crippen LogP contribution in [0.2, 0.25) is 0 Å². The third-order valence-electron chi connectivity index (χ3n) is 5.42. The topological polar surface area (TPSA) is 124 Å². The maximum atomic E-state index is 15.3. The standard InChI is InChI=1S/C24H20FN9/c1-14(2)34-18(9-11-29-34)19-21(17-8-5-6-15(12-26)20(17)25)30-24(27)23-22(19)31-33(32-23)13-16-7-3-4-10-28-16/h3-11,14H,13H2,1-2H3,(H2,27,30). The average molecular weight is 453 g/mol. The first-order valence-corrected chi connectivity index (χ1v) is 10.6. The molecule has 0 fully saturated rings. The van der Waals surface area contributed by atoms with Gasteiger partial charge in [-0.15, -0.1) is 5.10 Å². The highest BCUT2D eigenvalue weighted by Gasteiger charge is 2.25. The van der Waals surface area contributed by atoms with Crippen molar-refractivity contribution >= 4 is 16.9 Å². The molecule has 0 atom stereocenters. The highest BCUT2D eigenvalue weighted by Crippen LogP contribution is 2.39. The lowest BCUT2D eigenvalue weighted by atomic mass is 9.99. The van der Waals surface area contributed by atoms with Crippen molar-refractivity contribution in [3.63, 3.8) is 0 Å². The summed E-state index contributed by atoms with van der Waals surface area (Å²) in [5.41, 5.74) is 9.48. The zero-order chi connectivity index (χ0) is 23.8. The van der Waals surface area contributed by atoms with Crippen LogP contribution in [0.4, 0.5) is 10.2 Å². The Kier molecular flexibility index (Phi) is 5.22. The Balaban J connectivity index is 1.82. The first-order valence-electron chi connectivity index (χ1n) is 10.6. The number of nitrogen functional groups attached to an aromatic ring is 1. The van der Waals surface area contributed by atoms with E-state index in [1.165, 1.54) is 10.9 Å². The van der Waals surface area contributed by atoms with E-state index in [9.17, 15) is 5.26 Å². The summed E-state index contributed by atoms with van der Waals surface area (Å²) in [5, 5.41) is 23.0. The molecule has 0 saturated heterocycles. The molecule has 10 heteroatoms. The summed E-state index contributed by atoms with van der Waals surface area (Å²) in [7, 11) is 0. The second kappa shape index (κ2) is 8.37. The van der Waals surface area contributed by atoms with E-state index in [0.717, 1.165) is 5.69 Å². The summed E-state index contributed by atoms with van der Waals surface area (Å²) in [6.45, 7) is 4.31. The number of nitrogens with two attached hydrogens (primary N) is 1. The Morgan fingerprint density at radius 1 is 1.06 bits per heavy atom. The van der Waals surface area contributed by atoms with Gasteiger partial charge in [0.2, 0.25) is 0 Å². The largest absolute Gasteiger partial charge is 0.382 e. The summed E-state index contributed by atoms with van der Waals surface area (Å²) in [5.74, 6) is -0.563. The minimum absolute atomic E-state index is 0.0179. The number of aromatic nitrogens is 7. The Bertz CT molecular complexity index is 1540. The van der Waals surface area contributed by atoms with Crippen LogP contribution in [0, 0.1) is 17.1 Å². The molecule has 4 aromatic heterocycles. The fourth-order valence-corrected chi connectivity index (χ4v) is 3.90. The zero-order valence-corrected chi connectivity index (χ0v) is 18.5. The molecule has 0 aliphatic heterocycles. The number of halogens is 1. The van der Waals surface area contributed by atoms with Crippen molar-refractivity contribution in [2.45, 2.75) is 26.4 Å². The molecule has 0 unspecified atom stereocenters. The number of nitrogens with zero attached hydrogens (tertiary/aromatic N) is 8. The molecule has 5 aromatic rings. The van der Waals surface area contributed by atoms with Crippen molar-refractivity contribution in [1.29, 1.82) is 5.26 Å². The van der Waals surface area contributed by atoms with Crippen molar-refractivity contribution in [3.8, 4) is 28.6 Å². The van der Waals surface area contributed by atoms with Gasteiger partial charge in [-0.3, -0.25) is 9.67 Å². The van der Waals surface area contributed by atoms with Gasteiger partial charge in [-0.1, -0.05) is 12.1 Å². The molecule has 0 amide bonds. The van der Waals surface area contributed by atoms with E-state index in [4.69, 9.17) is 10.8 Å². The van der Waals surface area contributed by atoms with Crippen molar-refractivity contribution in [1.82, 2.24) is 34.7 Å². The van der Waals surface area contributed by atoms with Crippen LogP contribution in [-0.2, 0) is 6.54 Å². The molecule has 4 heterocycles. The zero-order valence-electron chi connectivity index (χ0n) is 18.5. The predicted molar refractivity (Wildman–Crippen MR) is 125 cm³/mol. The van der Waals surface area contributed by atoms with Gasteiger partial charge in [0.1, 0.15) is 23.9 Å². The quantitative estimate of drug-likeness (QED) is 0.427. The molecular formula is C24H20FN9.